The van der Waals surface area contributed by atoms with Gasteiger partial charge in [0.05, 0.1) is 11.3 Å². The van der Waals surface area contributed by atoms with Crippen LogP contribution in [0.5, 0.6) is 0 Å². The fraction of sp³-hybridized carbons (Fsp3) is 0.800. The molecule has 7 atom stereocenters. The van der Waals surface area contributed by atoms with Crippen molar-refractivity contribution >= 4 is 30.2 Å². The lowest BCUT2D eigenvalue weighted by Gasteiger charge is -2.59. The van der Waals surface area contributed by atoms with Gasteiger partial charge >= 0.3 is 5.97 Å². The van der Waals surface area contributed by atoms with E-state index in [1.807, 2.05) is 6.92 Å². The number of nitrogens with one attached hydrogen (secondary N) is 1. The number of nitrogens with zero attached hydrogens (tertiary/aromatic N) is 1. The number of aliphatic hydroxyl groups is 1. The van der Waals surface area contributed by atoms with E-state index in [0.29, 0.717) is 17.8 Å². The van der Waals surface area contributed by atoms with Crippen molar-refractivity contribution in [3.05, 3.63) is 11.6 Å². The molecule has 0 heterocycles. The highest BCUT2D eigenvalue weighted by atomic mass is 32.1. The Kier molecular flexibility index (Phi) is 6.64. The summed E-state index contributed by atoms with van der Waals surface area (Å²) in [6.07, 6.45) is 10.5. The summed E-state index contributed by atoms with van der Waals surface area (Å²) < 4.78 is 0. The van der Waals surface area contributed by atoms with Crippen LogP contribution < -0.4 is 5.32 Å². The second kappa shape index (κ2) is 8.91. The van der Waals surface area contributed by atoms with E-state index in [1.165, 1.54) is 18.4 Å². The van der Waals surface area contributed by atoms with Gasteiger partial charge in [-0.2, -0.15) is 12.6 Å². The summed E-state index contributed by atoms with van der Waals surface area (Å²) in [5.74, 6) is 0.292. The number of carboxylic acids is 1. The molecule has 0 saturated heterocycles. The van der Waals surface area contributed by atoms with Gasteiger partial charge in [-0.1, -0.05) is 24.6 Å². The quantitative estimate of drug-likeness (QED) is 0.345. The lowest BCUT2D eigenvalue weighted by Crippen LogP contribution is -2.53. The molecular weight excluding hydrogens is 440 g/mol. The highest BCUT2D eigenvalue weighted by Crippen LogP contribution is 2.67. The topological polar surface area (TPSA) is 108 Å². The maximum atomic E-state index is 11.9. The average Bonchev–Trinajstić information content (AvgIpc) is 3.01. The number of allylic oxidation sites excluding steroid dienone is 2. The van der Waals surface area contributed by atoms with Gasteiger partial charge in [0.1, 0.15) is 6.04 Å². The zero-order chi connectivity index (χ0) is 24.0. The first kappa shape index (κ1) is 24.6. The molecule has 4 aliphatic carbocycles. The Hall–Kier alpha value is -1.54. The third-order valence-electron chi connectivity index (χ3n) is 9.73. The third-order valence-corrected chi connectivity index (χ3v) is 10.1. The van der Waals surface area contributed by atoms with Crippen LogP contribution in [-0.4, -0.2) is 51.8 Å². The number of aliphatic carboxylic acids is 1. The number of rotatable bonds is 6. The molecular formula is C25H38N2O5S. The molecule has 7 nitrogen and oxygen atoms in total. The number of carbonyl (C=O) groups is 2. The van der Waals surface area contributed by atoms with E-state index in [1.54, 1.807) is 0 Å². The smallest absolute Gasteiger partial charge is 0.327 e. The molecule has 33 heavy (non-hydrogen) atoms. The first-order chi connectivity index (χ1) is 15.5. The van der Waals surface area contributed by atoms with Crippen LogP contribution in [0.2, 0.25) is 0 Å². The summed E-state index contributed by atoms with van der Waals surface area (Å²) in [5.41, 5.74) is 1.94. The van der Waals surface area contributed by atoms with Crippen molar-refractivity contribution in [3.8, 4) is 0 Å². The van der Waals surface area contributed by atoms with Crippen molar-refractivity contribution in [1.29, 1.82) is 0 Å². The van der Waals surface area contributed by atoms with Gasteiger partial charge in [0.25, 0.3) is 5.91 Å². The minimum absolute atomic E-state index is 0.0139. The van der Waals surface area contributed by atoms with Gasteiger partial charge in [-0.3, -0.25) is 4.79 Å². The van der Waals surface area contributed by atoms with Crippen molar-refractivity contribution in [2.75, 3.05) is 12.4 Å². The fourth-order valence-electron chi connectivity index (χ4n) is 7.48. The van der Waals surface area contributed by atoms with Gasteiger partial charge in [0, 0.05) is 5.75 Å². The molecule has 3 N–H and O–H groups in total. The standard InChI is InChI=1S/C25H38N2O5S/c1-23-9-6-16(27-32-13-21(28)26-20(14-33)22(29)30)12-15(23)4-5-17-18(23)7-10-24(2)19(17)8-11-25(24,3)31/h12,17-20,31,33H,4-11,13-14H2,1-3H3,(H,26,28)(H,29,30). The lowest BCUT2D eigenvalue weighted by molar-refractivity contribution is -0.141. The minimum Gasteiger partial charge on any atom is -0.480 e. The summed E-state index contributed by atoms with van der Waals surface area (Å²) in [6.45, 7) is 6.47. The van der Waals surface area contributed by atoms with Crippen LogP contribution in [0, 0.1) is 28.6 Å². The number of hydrogen-bond donors (Lipinski definition) is 4. The Bertz CT molecular complexity index is 871. The van der Waals surface area contributed by atoms with Crippen molar-refractivity contribution in [1.82, 2.24) is 5.32 Å². The van der Waals surface area contributed by atoms with E-state index in [9.17, 15) is 14.7 Å². The van der Waals surface area contributed by atoms with E-state index in [4.69, 9.17) is 9.94 Å². The van der Waals surface area contributed by atoms with Gasteiger partial charge in [-0.15, -0.1) is 0 Å². The second-order valence-corrected chi connectivity index (χ2v) is 11.6. The first-order valence-electron chi connectivity index (χ1n) is 12.3. The molecule has 3 saturated carbocycles. The molecule has 7 unspecified atom stereocenters. The molecule has 1 amide bonds. The van der Waals surface area contributed by atoms with Crippen molar-refractivity contribution in [3.63, 3.8) is 0 Å². The molecule has 184 valence electrons. The number of fused-ring (bicyclic) bond motifs is 5. The Balaban J connectivity index is 1.41. The van der Waals surface area contributed by atoms with Crippen LogP contribution in [-0.2, 0) is 14.4 Å². The summed E-state index contributed by atoms with van der Waals surface area (Å²) >= 11 is 3.94. The van der Waals surface area contributed by atoms with E-state index in [2.05, 4.69) is 43.0 Å². The summed E-state index contributed by atoms with van der Waals surface area (Å²) in [7, 11) is 0. The maximum absolute atomic E-state index is 11.9. The lowest BCUT2D eigenvalue weighted by atomic mass is 9.46. The summed E-state index contributed by atoms with van der Waals surface area (Å²) in [5, 5.41) is 26.6. The molecule has 0 bridgehead atoms. The predicted molar refractivity (Wildman–Crippen MR) is 129 cm³/mol. The largest absolute Gasteiger partial charge is 0.480 e. The molecule has 0 aromatic rings. The number of carboxylic acid groups (broad SMARTS) is 1. The van der Waals surface area contributed by atoms with E-state index in [0.717, 1.165) is 44.2 Å². The molecule has 0 aromatic heterocycles. The van der Waals surface area contributed by atoms with Crippen molar-refractivity contribution in [2.45, 2.75) is 83.8 Å². The number of carbonyl (C=O) groups excluding carboxylic acids is 1. The van der Waals surface area contributed by atoms with Crippen LogP contribution in [0.15, 0.2) is 16.8 Å². The second-order valence-electron chi connectivity index (χ2n) is 11.3. The van der Waals surface area contributed by atoms with E-state index < -0.39 is 23.5 Å². The number of oxime groups is 1. The number of hydrogen-bond acceptors (Lipinski definition) is 6. The fourth-order valence-corrected chi connectivity index (χ4v) is 7.73. The van der Waals surface area contributed by atoms with Crippen LogP contribution in [0.4, 0.5) is 0 Å². The number of thiol groups is 1. The Morgan fingerprint density at radius 2 is 1.91 bits per heavy atom. The zero-order valence-electron chi connectivity index (χ0n) is 20.0. The summed E-state index contributed by atoms with van der Waals surface area (Å²) in [4.78, 5) is 28.2. The SMILES string of the molecule is CC12CCC(=NOCC(=O)NC(CS)C(=O)O)C=C1CCC1C2CCC2(C)C1CCC2(C)O. The highest BCUT2D eigenvalue weighted by molar-refractivity contribution is 7.80. The maximum Gasteiger partial charge on any atom is 0.327 e. The van der Waals surface area contributed by atoms with Crippen LogP contribution in [0.3, 0.4) is 0 Å². The van der Waals surface area contributed by atoms with Gasteiger partial charge in [0.15, 0.2) is 6.61 Å². The Morgan fingerprint density at radius 1 is 1.18 bits per heavy atom. The predicted octanol–water partition coefficient (Wildman–Crippen LogP) is 3.57. The van der Waals surface area contributed by atoms with Gasteiger partial charge in [-0.25, -0.2) is 4.79 Å². The average molecular weight is 479 g/mol. The van der Waals surface area contributed by atoms with Crippen LogP contribution in [0.25, 0.3) is 0 Å². The molecule has 0 radical (unpaired) electrons. The monoisotopic (exact) mass is 478 g/mol. The van der Waals surface area contributed by atoms with Gasteiger partial charge < -0.3 is 20.4 Å². The number of amides is 1. The molecule has 0 aromatic carbocycles. The van der Waals surface area contributed by atoms with Crippen LogP contribution >= 0.6 is 12.6 Å². The minimum atomic E-state index is -1.12. The summed E-state index contributed by atoms with van der Waals surface area (Å²) in [6, 6.07) is -1.04. The zero-order valence-corrected chi connectivity index (χ0v) is 20.9. The van der Waals surface area contributed by atoms with E-state index >= 15 is 0 Å². The molecule has 4 aliphatic rings. The normalized spacial score (nSPS) is 41.9. The molecule has 4 rings (SSSR count). The van der Waals surface area contributed by atoms with Crippen LogP contribution in [0.1, 0.15) is 72.1 Å². The molecule has 0 aliphatic heterocycles. The third kappa shape index (κ3) is 4.22. The Morgan fingerprint density at radius 3 is 2.61 bits per heavy atom. The molecule has 8 heteroatoms. The van der Waals surface area contributed by atoms with Crippen molar-refractivity contribution in [2.24, 2.45) is 33.7 Å². The molecule has 3 fully saturated rings. The first-order valence-corrected chi connectivity index (χ1v) is 12.9. The van der Waals surface area contributed by atoms with Gasteiger partial charge in [-0.05, 0) is 93.0 Å². The highest BCUT2D eigenvalue weighted by Gasteiger charge is 2.62. The molecule has 0 spiro atoms. The van der Waals surface area contributed by atoms with E-state index in [-0.39, 0.29) is 23.2 Å². The van der Waals surface area contributed by atoms with Crippen molar-refractivity contribution < 1.29 is 24.6 Å². The van der Waals surface area contributed by atoms with Gasteiger partial charge in [0.2, 0.25) is 0 Å². The Labute approximate surface area is 201 Å².